The number of amides is 3. The van der Waals surface area contributed by atoms with Gasteiger partial charge in [0.15, 0.2) is 0 Å². The van der Waals surface area contributed by atoms with Gasteiger partial charge in [0.2, 0.25) is 5.91 Å². The van der Waals surface area contributed by atoms with E-state index in [1.807, 2.05) is 13.8 Å². The van der Waals surface area contributed by atoms with Crippen LogP contribution in [0, 0.1) is 5.92 Å². The number of phenolic OH excluding ortho intramolecular Hbond substituents is 1. The van der Waals surface area contributed by atoms with Crippen LogP contribution in [0.3, 0.4) is 0 Å². The van der Waals surface area contributed by atoms with E-state index < -0.39 is 0 Å². The smallest absolute Gasteiger partial charge is 0.317 e. The first kappa shape index (κ1) is 16.1. The summed E-state index contributed by atoms with van der Waals surface area (Å²) in [6.45, 7) is 4.88. The Labute approximate surface area is 130 Å². The van der Waals surface area contributed by atoms with Crippen LogP contribution in [0.4, 0.5) is 10.5 Å². The van der Waals surface area contributed by atoms with Crippen molar-refractivity contribution < 1.29 is 14.7 Å². The second kappa shape index (κ2) is 7.15. The highest BCUT2D eigenvalue weighted by molar-refractivity contribution is 5.94. The zero-order valence-electron chi connectivity index (χ0n) is 13.0. The van der Waals surface area contributed by atoms with Crippen LogP contribution in [-0.2, 0) is 4.79 Å². The Morgan fingerprint density at radius 1 is 1.32 bits per heavy atom. The van der Waals surface area contributed by atoms with Crippen LogP contribution in [0.15, 0.2) is 24.3 Å². The van der Waals surface area contributed by atoms with Crippen LogP contribution in [0.5, 0.6) is 5.75 Å². The van der Waals surface area contributed by atoms with Crippen LogP contribution in [0.2, 0.25) is 0 Å². The van der Waals surface area contributed by atoms with Crippen molar-refractivity contribution in [3.8, 4) is 5.75 Å². The maximum Gasteiger partial charge on any atom is 0.317 e. The summed E-state index contributed by atoms with van der Waals surface area (Å²) in [5, 5.41) is 15.3. The van der Waals surface area contributed by atoms with Gasteiger partial charge >= 0.3 is 6.03 Å². The first-order valence-corrected chi connectivity index (χ1v) is 7.61. The Hall–Kier alpha value is -2.24. The van der Waals surface area contributed by atoms with Crippen molar-refractivity contribution in [2.75, 3.05) is 18.4 Å². The second-order valence-electron chi connectivity index (χ2n) is 5.90. The Morgan fingerprint density at radius 2 is 2.05 bits per heavy atom. The lowest BCUT2D eigenvalue weighted by atomic mass is 9.97. The molecule has 1 heterocycles. The van der Waals surface area contributed by atoms with E-state index in [0.717, 1.165) is 12.8 Å². The predicted molar refractivity (Wildman–Crippen MR) is 84.7 cm³/mol. The van der Waals surface area contributed by atoms with Crippen molar-refractivity contribution in [2.45, 2.75) is 32.7 Å². The summed E-state index contributed by atoms with van der Waals surface area (Å²) in [4.78, 5) is 26.0. The highest BCUT2D eigenvalue weighted by atomic mass is 16.3. The van der Waals surface area contributed by atoms with Gasteiger partial charge in [0, 0.05) is 19.1 Å². The number of nitrogens with one attached hydrogen (secondary N) is 2. The number of nitrogens with zero attached hydrogens (tertiary/aromatic N) is 1. The molecule has 0 aliphatic carbocycles. The Bertz CT molecular complexity index is 545. The number of benzene rings is 1. The number of piperidine rings is 1. The van der Waals surface area contributed by atoms with Crippen molar-refractivity contribution in [2.24, 2.45) is 5.92 Å². The van der Waals surface area contributed by atoms with Gasteiger partial charge in [0.1, 0.15) is 5.75 Å². The Morgan fingerprint density at radius 3 is 2.73 bits per heavy atom. The van der Waals surface area contributed by atoms with Gasteiger partial charge in [-0.05, 0) is 38.8 Å². The number of carbonyl (C=O) groups excluding carboxylic acids is 2. The fraction of sp³-hybridized carbons (Fsp3) is 0.500. The summed E-state index contributed by atoms with van der Waals surface area (Å²) in [5.74, 6) is -0.379. The molecule has 2 rings (SSSR count). The molecule has 1 aromatic rings. The van der Waals surface area contributed by atoms with Gasteiger partial charge < -0.3 is 20.6 Å². The fourth-order valence-electron chi connectivity index (χ4n) is 2.53. The molecule has 1 atom stereocenters. The molecule has 1 fully saturated rings. The average Bonchev–Trinajstić information content (AvgIpc) is 2.49. The number of aromatic hydroxyl groups is 1. The summed E-state index contributed by atoms with van der Waals surface area (Å²) in [6, 6.07) is 6.57. The van der Waals surface area contributed by atoms with Crippen molar-refractivity contribution in [1.29, 1.82) is 0 Å². The molecular formula is C16H23N3O3. The number of rotatable bonds is 3. The van der Waals surface area contributed by atoms with Gasteiger partial charge in [-0.1, -0.05) is 12.1 Å². The monoisotopic (exact) mass is 305 g/mol. The molecule has 120 valence electrons. The molecule has 1 aliphatic rings. The van der Waals surface area contributed by atoms with Gasteiger partial charge in [-0.3, -0.25) is 4.79 Å². The molecule has 6 nitrogen and oxygen atoms in total. The highest BCUT2D eigenvalue weighted by Gasteiger charge is 2.28. The molecule has 0 bridgehead atoms. The zero-order valence-corrected chi connectivity index (χ0v) is 13.0. The van der Waals surface area contributed by atoms with E-state index >= 15 is 0 Å². The maximum atomic E-state index is 12.3. The molecule has 0 unspecified atom stereocenters. The lowest BCUT2D eigenvalue weighted by molar-refractivity contribution is -0.121. The SMILES string of the molecule is CC(C)NC(=O)N1CCC[C@@H](C(=O)Nc2ccccc2O)C1. The number of phenols is 1. The number of hydrogen-bond acceptors (Lipinski definition) is 3. The van der Waals surface area contributed by atoms with Crippen LogP contribution >= 0.6 is 0 Å². The topological polar surface area (TPSA) is 81.7 Å². The fourth-order valence-corrected chi connectivity index (χ4v) is 2.53. The molecule has 3 amide bonds. The van der Waals surface area contributed by atoms with Crippen LogP contribution < -0.4 is 10.6 Å². The quantitative estimate of drug-likeness (QED) is 0.748. The standard InChI is InChI=1S/C16H23N3O3/c1-11(2)17-16(22)19-9-5-6-12(10-19)15(21)18-13-7-3-4-8-14(13)20/h3-4,7-8,11-12,20H,5-6,9-10H2,1-2H3,(H,17,22)(H,18,21)/t12-/m1/s1. The van der Waals surface area contributed by atoms with Gasteiger partial charge in [-0.25, -0.2) is 4.79 Å². The van der Waals surface area contributed by atoms with Crippen molar-refractivity contribution in [3.63, 3.8) is 0 Å². The zero-order chi connectivity index (χ0) is 16.1. The van der Waals surface area contributed by atoms with Crippen LogP contribution in [0.1, 0.15) is 26.7 Å². The molecule has 0 aromatic heterocycles. The molecule has 3 N–H and O–H groups in total. The Kier molecular flexibility index (Phi) is 5.25. The lowest BCUT2D eigenvalue weighted by Gasteiger charge is -2.32. The molecule has 0 saturated carbocycles. The van der Waals surface area contributed by atoms with E-state index in [2.05, 4.69) is 10.6 Å². The number of anilines is 1. The molecule has 6 heteroatoms. The van der Waals surface area contributed by atoms with E-state index in [0.29, 0.717) is 18.8 Å². The summed E-state index contributed by atoms with van der Waals surface area (Å²) < 4.78 is 0. The maximum absolute atomic E-state index is 12.3. The summed E-state index contributed by atoms with van der Waals surface area (Å²) in [7, 11) is 0. The summed E-state index contributed by atoms with van der Waals surface area (Å²) in [6.07, 6.45) is 1.54. The van der Waals surface area contributed by atoms with Gasteiger partial charge in [-0.2, -0.15) is 0 Å². The first-order chi connectivity index (χ1) is 10.5. The number of para-hydroxylation sites is 2. The number of hydrogen-bond donors (Lipinski definition) is 3. The minimum Gasteiger partial charge on any atom is -0.506 e. The first-order valence-electron chi connectivity index (χ1n) is 7.61. The molecule has 22 heavy (non-hydrogen) atoms. The average molecular weight is 305 g/mol. The summed E-state index contributed by atoms with van der Waals surface area (Å²) >= 11 is 0. The normalized spacial score (nSPS) is 18.1. The van der Waals surface area contributed by atoms with E-state index in [-0.39, 0.29) is 29.6 Å². The van der Waals surface area contributed by atoms with E-state index in [4.69, 9.17) is 0 Å². The van der Waals surface area contributed by atoms with Crippen molar-refractivity contribution in [1.82, 2.24) is 10.2 Å². The lowest BCUT2D eigenvalue weighted by Crippen LogP contribution is -2.49. The van der Waals surface area contributed by atoms with Crippen LogP contribution in [-0.4, -0.2) is 41.1 Å². The molecule has 1 saturated heterocycles. The largest absolute Gasteiger partial charge is 0.506 e. The van der Waals surface area contributed by atoms with Crippen molar-refractivity contribution >= 4 is 17.6 Å². The van der Waals surface area contributed by atoms with Gasteiger partial charge in [0.25, 0.3) is 0 Å². The molecule has 0 radical (unpaired) electrons. The Balaban J connectivity index is 1.95. The third-order valence-corrected chi connectivity index (χ3v) is 3.65. The minimum atomic E-state index is -0.258. The highest BCUT2D eigenvalue weighted by Crippen LogP contribution is 2.24. The molecule has 0 spiro atoms. The number of likely N-dealkylation sites (tertiary alicyclic amines) is 1. The third-order valence-electron chi connectivity index (χ3n) is 3.65. The van der Waals surface area contributed by atoms with Gasteiger partial charge in [0.05, 0.1) is 11.6 Å². The molecule has 1 aliphatic heterocycles. The summed E-state index contributed by atoms with van der Waals surface area (Å²) in [5.41, 5.74) is 0.399. The molecule has 1 aromatic carbocycles. The van der Waals surface area contributed by atoms with E-state index in [1.165, 1.54) is 6.07 Å². The van der Waals surface area contributed by atoms with Gasteiger partial charge in [-0.15, -0.1) is 0 Å². The minimum absolute atomic E-state index is 0.0427. The van der Waals surface area contributed by atoms with E-state index in [1.54, 1.807) is 23.1 Å². The number of carbonyl (C=O) groups is 2. The van der Waals surface area contributed by atoms with Crippen molar-refractivity contribution in [3.05, 3.63) is 24.3 Å². The van der Waals surface area contributed by atoms with E-state index in [9.17, 15) is 14.7 Å². The van der Waals surface area contributed by atoms with Crippen LogP contribution in [0.25, 0.3) is 0 Å². The third kappa shape index (κ3) is 4.13. The second-order valence-corrected chi connectivity index (χ2v) is 5.90. The number of urea groups is 1. The molecular weight excluding hydrogens is 282 g/mol. The predicted octanol–water partition coefficient (Wildman–Crippen LogP) is 2.16.